The first-order chi connectivity index (χ1) is 17.8. The van der Waals surface area contributed by atoms with Crippen molar-refractivity contribution in [1.29, 1.82) is 5.26 Å². The smallest absolute Gasteiger partial charge is 0.252 e. The van der Waals surface area contributed by atoms with E-state index < -0.39 is 11.0 Å². The summed E-state index contributed by atoms with van der Waals surface area (Å²) in [5, 5.41) is 23.2. The molecule has 3 aromatic rings. The number of nitrogens with one attached hydrogen (secondary N) is 1. The van der Waals surface area contributed by atoms with Gasteiger partial charge in [-0.05, 0) is 81.6 Å². The number of rotatable bonds is 5. The van der Waals surface area contributed by atoms with E-state index in [1.807, 2.05) is 18.2 Å². The molecule has 2 aromatic heterocycles. The molecule has 1 saturated carbocycles. The van der Waals surface area contributed by atoms with Gasteiger partial charge >= 0.3 is 0 Å². The number of nitrogens with zero attached hydrogens (tertiary/aromatic N) is 4. The Morgan fingerprint density at radius 1 is 1.19 bits per heavy atom. The van der Waals surface area contributed by atoms with Crippen LogP contribution in [-0.4, -0.2) is 57.3 Å². The second-order valence-corrected chi connectivity index (χ2v) is 10.8. The second kappa shape index (κ2) is 8.68. The Morgan fingerprint density at radius 2 is 1.97 bits per heavy atom. The van der Waals surface area contributed by atoms with E-state index in [2.05, 4.69) is 21.3 Å². The third-order valence-electron chi connectivity index (χ3n) is 8.19. The number of likely N-dealkylation sites (tertiary alicyclic amines) is 1. The monoisotopic (exact) mass is 499 g/mol. The Labute approximate surface area is 214 Å². The van der Waals surface area contributed by atoms with Gasteiger partial charge in [-0.3, -0.25) is 19.1 Å². The van der Waals surface area contributed by atoms with Crippen molar-refractivity contribution in [3.63, 3.8) is 0 Å². The molecule has 2 fully saturated rings. The number of carbonyl (C=O) groups excluding carboxylic acids is 1. The summed E-state index contributed by atoms with van der Waals surface area (Å²) in [7, 11) is 0. The summed E-state index contributed by atoms with van der Waals surface area (Å²) in [6.07, 6.45) is 4.12. The molecule has 0 atom stereocenters. The molecule has 1 saturated heterocycles. The summed E-state index contributed by atoms with van der Waals surface area (Å²) < 4.78 is 7.68. The van der Waals surface area contributed by atoms with Crippen LogP contribution in [0.5, 0.6) is 5.75 Å². The van der Waals surface area contributed by atoms with Gasteiger partial charge in [0.15, 0.2) is 0 Å². The highest BCUT2D eigenvalue weighted by Gasteiger charge is 2.48. The predicted molar refractivity (Wildman–Crippen MR) is 138 cm³/mol. The standard InChI is InChI=1S/C28H29N5O4/c1-27(36)14-20(15-27)33-24(34)5-3-19-13-21(17-30-25(19)33)37-11-10-32-8-6-28(7-9-32)22-12-18(16-29)2-4-23(22)31-26(28)35/h2-5,12-13,17,20,36H,6-11,14-15H2,1H3,(H,31,35)/t20-,27+. The molecular formula is C28H29N5O4. The summed E-state index contributed by atoms with van der Waals surface area (Å²) in [5.41, 5.74) is 1.54. The van der Waals surface area contributed by atoms with Gasteiger partial charge < -0.3 is 15.2 Å². The summed E-state index contributed by atoms with van der Waals surface area (Å²) in [6, 6.07) is 12.7. The van der Waals surface area contributed by atoms with Crippen molar-refractivity contribution < 1.29 is 14.6 Å². The molecule has 190 valence electrons. The molecular weight excluding hydrogens is 470 g/mol. The summed E-state index contributed by atoms with van der Waals surface area (Å²) >= 11 is 0. The van der Waals surface area contributed by atoms with Crippen LogP contribution in [0.4, 0.5) is 5.69 Å². The molecule has 3 aliphatic rings. The molecule has 1 amide bonds. The number of nitriles is 1. The van der Waals surface area contributed by atoms with Crippen molar-refractivity contribution in [3.8, 4) is 11.8 Å². The van der Waals surface area contributed by atoms with Crippen molar-refractivity contribution in [2.45, 2.75) is 49.7 Å². The van der Waals surface area contributed by atoms with Crippen LogP contribution in [0, 0.1) is 11.3 Å². The Kier molecular flexibility index (Phi) is 5.55. The molecule has 37 heavy (non-hydrogen) atoms. The molecule has 6 rings (SSSR count). The van der Waals surface area contributed by atoms with E-state index in [0.717, 1.165) is 36.3 Å². The molecule has 9 nitrogen and oxygen atoms in total. The average Bonchev–Trinajstić information content (AvgIpc) is 3.14. The normalized spacial score (nSPS) is 24.4. The highest BCUT2D eigenvalue weighted by atomic mass is 16.5. The molecule has 1 spiro atoms. The zero-order valence-corrected chi connectivity index (χ0v) is 20.7. The fourth-order valence-corrected chi connectivity index (χ4v) is 6.12. The Morgan fingerprint density at radius 3 is 2.70 bits per heavy atom. The largest absolute Gasteiger partial charge is 0.491 e. The molecule has 2 N–H and O–H groups in total. The van der Waals surface area contributed by atoms with E-state index in [9.17, 15) is 20.0 Å². The Bertz CT molecular complexity index is 1490. The number of hydrogen-bond acceptors (Lipinski definition) is 7. The highest BCUT2D eigenvalue weighted by Crippen LogP contribution is 2.45. The molecule has 0 radical (unpaired) electrons. The molecule has 2 aliphatic heterocycles. The highest BCUT2D eigenvalue weighted by molar-refractivity contribution is 6.06. The second-order valence-electron chi connectivity index (χ2n) is 10.8. The first kappa shape index (κ1) is 23.6. The molecule has 1 aromatic carbocycles. The lowest BCUT2D eigenvalue weighted by molar-refractivity contribution is -0.122. The van der Waals surface area contributed by atoms with Crippen LogP contribution in [0.3, 0.4) is 0 Å². The third kappa shape index (κ3) is 4.06. The SMILES string of the molecule is C[C@]1(O)C[C@@H](n2c(=O)ccc3cc(OCCN4CCC5(CC4)C(=O)Nc4ccc(C#N)cc45)cnc32)C1. The van der Waals surface area contributed by atoms with E-state index in [4.69, 9.17) is 4.74 Å². The molecule has 1 aliphatic carbocycles. The predicted octanol–water partition coefficient (Wildman–Crippen LogP) is 2.72. The number of amides is 1. The van der Waals surface area contributed by atoms with E-state index >= 15 is 0 Å². The maximum atomic E-state index is 12.9. The minimum absolute atomic E-state index is 0.0275. The number of hydrogen-bond donors (Lipinski definition) is 2. The van der Waals surface area contributed by atoms with E-state index in [1.54, 1.807) is 35.9 Å². The number of pyridine rings is 2. The molecule has 0 bridgehead atoms. The topological polar surface area (TPSA) is 120 Å². The number of aliphatic hydroxyl groups is 1. The lowest BCUT2D eigenvalue weighted by Crippen LogP contribution is -2.47. The number of aromatic nitrogens is 2. The van der Waals surface area contributed by atoms with Gasteiger partial charge in [0, 0.05) is 29.7 Å². The van der Waals surface area contributed by atoms with Gasteiger partial charge in [0.25, 0.3) is 5.56 Å². The van der Waals surface area contributed by atoms with Crippen molar-refractivity contribution in [3.05, 3.63) is 64.1 Å². The van der Waals surface area contributed by atoms with Crippen LogP contribution in [0.25, 0.3) is 11.0 Å². The van der Waals surface area contributed by atoms with Crippen LogP contribution in [0.2, 0.25) is 0 Å². The maximum Gasteiger partial charge on any atom is 0.252 e. The first-order valence-corrected chi connectivity index (χ1v) is 12.7. The number of anilines is 1. The summed E-state index contributed by atoms with van der Waals surface area (Å²) in [6.45, 7) is 4.51. The minimum Gasteiger partial charge on any atom is -0.491 e. The Hall–Kier alpha value is -3.74. The molecule has 4 heterocycles. The fourth-order valence-electron chi connectivity index (χ4n) is 6.12. The summed E-state index contributed by atoms with van der Waals surface area (Å²) in [4.78, 5) is 32.2. The van der Waals surface area contributed by atoms with Crippen LogP contribution in [0.15, 0.2) is 47.4 Å². The lowest BCUT2D eigenvalue weighted by atomic mass is 9.73. The van der Waals surface area contributed by atoms with Gasteiger partial charge in [-0.15, -0.1) is 0 Å². The van der Waals surface area contributed by atoms with Gasteiger partial charge in [0.2, 0.25) is 5.91 Å². The van der Waals surface area contributed by atoms with Crippen molar-refractivity contribution in [1.82, 2.24) is 14.5 Å². The van der Waals surface area contributed by atoms with E-state index in [1.165, 1.54) is 0 Å². The van der Waals surface area contributed by atoms with Crippen molar-refractivity contribution in [2.75, 3.05) is 31.6 Å². The van der Waals surface area contributed by atoms with Gasteiger partial charge in [0.05, 0.1) is 28.8 Å². The maximum absolute atomic E-state index is 12.9. The van der Waals surface area contributed by atoms with Crippen LogP contribution < -0.4 is 15.6 Å². The van der Waals surface area contributed by atoms with Gasteiger partial charge in [0.1, 0.15) is 18.0 Å². The van der Waals surface area contributed by atoms with Crippen LogP contribution in [-0.2, 0) is 10.2 Å². The third-order valence-corrected chi connectivity index (χ3v) is 8.19. The number of ether oxygens (including phenoxy) is 1. The minimum atomic E-state index is -0.728. The van der Waals surface area contributed by atoms with E-state index in [0.29, 0.717) is 49.3 Å². The van der Waals surface area contributed by atoms with Crippen LogP contribution >= 0.6 is 0 Å². The van der Waals surface area contributed by atoms with Gasteiger partial charge in [-0.2, -0.15) is 5.26 Å². The number of fused-ring (bicyclic) bond motifs is 3. The zero-order valence-electron chi connectivity index (χ0n) is 20.7. The first-order valence-electron chi connectivity index (χ1n) is 12.7. The van der Waals surface area contributed by atoms with Crippen molar-refractivity contribution >= 4 is 22.6 Å². The average molecular weight is 500 g/mol. The van der Waals surface area contributed by atoms with Crippen LogP contribution in [0.1, 0.15) is 49.8 Å². The zero-order chi connectivity index (χ0) is 25.8. The van der Waals surface area contributed by atoms with Gasteiger partial charge in [-0.25, -0.2) is 4.98 Å². The molecule has 0 unspecified atom stereocenters. The number of benzene rings is 1. The molecule has 9 heteroatoms. The summed E-state index contributed by atoms with van der Waals surface area (Å²) in [5.74, 6) is 0.666. The fraction of sp³-hybridized carbons (Fsp3) is 0.429. The van der Waals surface area contributed by atoms with Gasteiger partial charge in [-0.1, -0.05) is 0 Å². The number of carbonyl (C=O) groups is 1. The Balaban J connectivity index is 1.08. The quantitative estimate of drug-likeness (QED) is 0.554. The van der Waals surface area contributed by atoms with E-state index in [-0.39, 0.29) is 17.5 Å². The number of piperidine rings is 1. The van der Waals surface area contributed by atoms with Crippen molar-refractivity contribution in [2.24, 2.45) is 0 Å². The lowest BCUT2D eigenvalue weighted by Gasteiger charge is -2.41.